The van der Waals surface area contributed by atoms with Crippen molar-refractivity contribution >= 4 is 5.97 Å². The van der Waals surface area contributed by atoms with Gasteiger partial charge < -0.3 is 5.11 Å². The van der Waals surface area contributed by atoms with Crippen LogP contribution >= 0.6 is 0 Å². The first-order valence-corrected chi connectivity index (χ1v) is 5.22. The lowest BCUT2D eigenvalue weighted by molar-refractivity contribution is -0.134. The first kappa shape index (κ1) is 10.6. The van der Waals surface area contributed by atoms with E-state index >= 15 is 0 Å². The summed E-state index contributed by atoms with van der Waals surface area (Å²) in [6, 6.07) is 0. The quantitative estimate of drug-likeness (QED) is 0.628. The van der Waals surface area contributed by atoms with Gasteiger partial charge in [0, 0.05) is 6.92 Å². The third-order valence-electron chi connectivity index (χ3n) is 3.83. The van der Waals surface area contributed by atoms with Crippen LogP contribution in [0.1, 0.15) is 40.0 Å². The molecule has 0 aromatic carbocycles. The van der Waals surface area contributed by atoms with E-state index in [1.807, 2.05) is 0 Å². The van der Waals surface area contributed by atoms with Crippen molar-refractivity contribution in [3.63, 3.8) is 0 Å². The van der Waals surface area contributed by atoms with E-state index < -0.39 is 5.97 Å². The molecular weight excluding hydrogens is 164 g/mol. The van der Waals surface area contributed by atoms with Gasteiger partial charge in [0.1, 0.15) is 0 Å². The Balaban J connectivity index is 0.000000184. The van der Waals surface area contributed by atoms with E-state index in [-0.39, 0.29) is 0 Å². The number of rotatable bonds is 0. The van der Waals surface area contributed by atoms with Gasteiger partial charge in [-0.1, -0.05) is 13.8 Å². The Bertz CT molecular complexity index is 167. The minimum absolute atomic E-state index is 0.833. The number of carboxylic acids is 1. The van der Waals surface area contributed by atoms with Crippen molar-refractivity contribution in [1.82, 2.24) is 0 Å². The molecule has 13 heavy (non-hydrogen) atoms. The summed E-state index contributed by atoms with van der Waals surface area (Å²) >= 11 is 0. The summed E-state index contributed by atoms with van der Waals surface area (Å²) in [4.78, 5) is 9.00. The van der Waals surface area contributed by atoms with Gasteiger partial charge in [0.15, 0.2) is 0 Å². The summed E-state index contributed by atoms with van der Waals surface area (Å²) in [6.07, 6.45) is 4.63. The highest BCUT2D eigenvalue weighted by Gasteiger charge is 2.42. The lowest BCUT2D eigenvalue weighted by atomic mass is 9.82. The third-order valence-corrected chi connectivity index (χ3v) is 3.83. The molecule has 4 atom stereocenters. The zero-order valence-electron chi connectivity index (χ0n) is 8.79. The number of carboxylic acid groups (broad SMARTS) is 1. The molecule has 0 aromatic heterocycles. The summed E-state index contributed by atoms with van der Waals surface area (Å²) in [7, 11) is 0. The first-order chi connectivity index (χ1) is 6.02. The van der Waals surface area contributed by atoms with Crippen molar-refractivity contribution in [2.45, 2.75) is 40.0 Å². The smallest absolute Gasteiger partial charge is 0.300 e. The Morgan fingerprint density at radius 2 is 1.46 bits per heavy atom. The van der Waals surface area contributed by atoms with E-state index in [1.54, 1.807) is 6.42 Å². The van der Waals surface area contributed by atoms with E-state index in [2.05, 4.69) is 13.8 Å². The molecule has 0 heterocycles. The van der Waals surface area contributed by atoms with Crippen LogP contribution in [0.15, 0.2) is 0 Å². The van der Waals surface area contributed by atoms with Crippen molar-refractivity contribution in [3.05, 3.63) is 0 Å². The monoisotopic (exact) mass is 184 g/mol. The van der Waals surface area contributed by atoms with Gasteiger partial charge in [-0.05, 0) is 42.9 Å². The fourth-order valence-electron chi connectivity index (χ4n) is 2.87. The zero-order chi connectivity index (χ0) is 10.0. The summed E-state index contributed by atoms with van der Waals surface area (Å²) in [5.74, 6) is 3.49. The molecule has 0 amide bonds. The highest BCUT2D eigenvalue weighted by Crippen LogP contribution is 2.51. The molecule has 0 radical (unpaired) electrons. The van der Waals surface area contributed by atoms with Crippen LogP contribution in [0.25, 0.3) is 0 Å². The van der Waals surface area contributed by atoms with Crippen molar-refractivity contribution in [2.24, 2.45) is 23.7 Å². The highest BCUT2D eigenvalue weighted by atomic mass is 16.4. The molecule has 0 aromatic rings. The minimum Gasteiger partial charge on any atom is -0.481 e. The second-order valence-corrected chi connectivity index (χ2v) is 4.57. The molecular formula is C11H20O2. The van der Waals surface area contributed by atoms with Crippen LogP contribution < -0.4 is 0 Å². The molecule has 2 bridgehead atoms. The van der Waals surface area contributed by atoms with Crippen molar-refractivity contribution < 1.29 is 9.90 Å². The molecule has 2 nitrogen and oxygen atoms in total. The highest BCUT2D eigenvalue weighted by molar-refractivity contribution is 5.62. The van der Waals surface area contributed by atoms with Crippen LogP contribution in [-0.2, 0) is 4.79 Å². The third kappa shape index (κ3) is 2.45. The normalized spacial score (nSPS) is 41.2. The molecule has 2 aliphatic rings. The van der Waals surface area contributed by atoms with Gasteiger partial charge in [0.2, 0.25) is 0 Å². The number of fused-ring (bicyclic) bond motifs is 2. The fraction of sp³-hybridized carbons (Fsp3) is 0.909. The fourth-order valence-corrected chi connectivity index (χ4v) is 2.87. The zero-order valence-corrected chi connectivity index (χ0v) is 8.79. The van der Waals surface area contributed by atoms with Gasteiger partial charge in [-0.15, -0.1) is 0 Å². The molecule has 2 heteroatoms. The average Bonchev–Trinajstić information content (AvgIpc) is 2.55. The van der Waals surface area contributed by atoms with E-state index in [9.17, 15) is 0 Å². The molecule has 0 spiro atoms. The first-order valence-electron chi connectivity index (χ1n) is 5.22. The topological polar surface area (TPSA) is 37.3 Å². The van der Waals surface area contributed by atoms with Gasteiger partial charge in [-0.25, -0.2) is 0 Å². The van der Waals surface area contributed by atoms with Crippen LogP contribution in [0.2, 0.25) is 0 Å². The van der Waals surface area contributed by atoms with Gasteiger partial charge in [0.05, 0.1) is 0 Å². The lowest BCUT2D eigenvalue weighted by Crippen LogP contribution is -2.15. The van der Waals surface area contributed by atoms with Crippen molar-refractivity contribution in [2.75, 3.05) is 0 Å². The number of hydrogen-bond donors (Lipinski definition) is 1. The lowest BCUT2D eigenvalue weighted by Gasteiger charge is -2.24. The number of aliphatic carboxylic acids is 1. The largest absolute Gasteiger partial charge is 0.481 e. The van der Waals surface area contributed by atoms with Crippen LogP contribution in [0.3, 0.4) is 0 Å². The van der Waals surface area contributed by atoms with E-state index in [0.29, 0.717) is 0 Å². The Hall–Kier alpha value is -0.530. The maximum atomic E-state index is 9.00. The summed E-state index contributed by atoms with van der Waals surface area (Å²) < 4.78 is 0. The Labute approximate surface area is 80.3 Å². The molecule has 1 N–H and O–H groups in total. The molecule has 2 rings (SSSR count). The van der Waals surface area contributed by atoms with Crippen molar-refractivity contribution in [1.29, 1.82) is 0 Å². The molecule has 0 saturated heterocycles. The maximum Gasteiger partial charge on any atom is 0.300 e. The van der Waals surface area contributed by atoms with Crippen LogP contribution in [0.4, 0.5) is 0 Å². The summed E-state index contributed by atoms with van der Waals surface area (Å²) in [5.41, 5.74) is 0. The van der Waals surface area contributed by atoms with Gasteiger partial charge in [-0.2, -0.15) is 0 Å². The Morgan fingerprint density at radius 3 is 1.62 bits per heavy atom. The van der Waals surface area contributed by atoms with E-state index in [1.165, 1.54) is 12.8 Å². The SMILES string of the molecule is CC(=O)O.CC1C2CCC(C2)C1C. The van der Waals surface area contributed by atoms with Gasteiger partial charge in [0.25, 0.3) is 5.97 Å². The molecule has 2 aliphatic carbocycles. The minimum atomic E-state index is -0.833. The molecule has 0 aliphatic heterocycles. The van der Waals surface area contributed by atoms with Crippen LogP contribution in [0, 0.1) is 23.7 Å². The van der Waals surface area contributed by atoms with E-state index in [4.69, 9.17) is 9.90 Å². The molecule has 2 saturated carbocycles. The number of carbonyl (C=O) groups is 1. The Kier molecular flexibility index (Phi) is 3.34. The molecule has 4 unspecified atom stereocenters. The average molecular weight is 184 g/mol. The predicted molar refractivity (Wildman–Crippen MR) is 52.5 cm³/mol. The summed E-state index contributed by atoms with van der Waals surface area (Å²) in [6.45, 7) is 5.96. The molecule has 2 fully saturated rings. The van der Waals surface area contributed by atoms with Gasteiger partial charge in [-0.3, -0.25) is 4.79 Å². The summed E-state index contributed by atoms with van der Waals surface area (Å²) in [5, 5.41) is 7.42. The van der Waals surface area contributed by atoms with Crippen LogP contribution in [-0.4, -0.2) is 11.1 Å². The standard InChI is InChI=1S/C9H16.C2H4O2/c1-6-7(2)9-4-3-8(6)5-9;1-2(3)4/h6-9H,3-5H2,1-2H3;1H3,(H,3,4). The van der Waals surface area contributed by atoms with E-state index in [0.717, 1.165) is 30.6 Å². The number of hydrogen-bond acceptors (Lipinski definition) is 1. The predicted octanol–water partition coefficient (Wildman–Crippen LogP) is 2.78. The Morgan fingerprint density at radius 1 is 1.15 bits per heavy atom. The second kappa shape index (κ2) is 4.12. The maximum absolute atomic E-state index is 9.00. The van der Waals surface area contributed by atoms with Gasteiger partial charge >= 0.3 is 0 Å². The van der Waals surface area contributed by atoms with Crippen LogP contribution in [0.5, 0.6) is 0 Å². The molecule has 76 valence electrons. The second-order valence-electron chi connectivity index (χ2n) is 4.57. The van der Waals surface area contributed by atoms with Crippen molar-refractivity contribution in [3.8, 4) is 0 Å².